The summed E-state index contributed by atoms with van der Waals surface area (Å²) >= 11 is 0. The summed E-state index contributed by atoms with van der Waals surface area (Å²) in [5.74, 6) is -0.206. The zero-order chi connectivity index (χ0) is 35.5. The first-order valence-electron chi connectivity index (χ1n) is 18.7. The highest BCUT2D eigenvalue weighted by Gasteiger charge is 2.18. The predicted octanol–water partition coefficient (Wildman–Crippen LogP) is 10.7. The quantitative estimate of drug-likeness (QED) is 0.139. The first kappa shape index (κ1) is 37.0. The molecule has 2 saturated heterocycles. The molecule has 0 saturated carbocycles. The third kappa shape index (κ3) is 9.09. The highest BCUT2D eigenvalue weighted by atomic mass is 19.1. The van der Waals surface area contributed by atoms with Crippen molar-refractivity contribution in [3.8, 4) is 11.4 Å². The molecule has 264 valence electrons. The zero-order valence-corrected chi connectivity index (χ0v) is 30.8. The van der Waals surface area contributed by atoms with Crippen molar-refractivity contribution in [1.82, 2.24) is 25.0 Å². The van der Waals surface area contributed by atoms with E-state index in [4.69, 9.17) is 5.10 Å². The number of nitrogens with one attached hydrogen (secondary N) is 2. The number of halogens is 1. The van der Waals surface area contributed by atoms with Crippen LogP contribution in [0.25, 0.3) is 33.4 Å². The van der Waals surface area contributed by atoms with Gasteiger partial charge >= 0.3 is 0 Å². The molecule has 2 fully saturated rings. The van der Waals surface area contributed by atoms with Crippen LogP contribution in [-0.4, -0.2) is 64.2 Å². The van der Waals surface area contributed by atoms with Gasteiger partial charge in [0, 0.05) is 23.2 Å². The summed E-state index contributed by atoms with van der Waals surface area (Å²) in [6, 6.07) is 14.1. The molecule has 0 radical (unpaired) electrons. The van der Waals surface area contributed by atoms with Gasteiger partial charge in [0.1, 0.15) is 11.5 Å². The third-order valence-electron chi connectivity index (χ3n) is 9.92. The largest absolute Gasteiger partial charge is 0.357 e. The monoisotopic (exact) mass is 673 g/mol. The van der Waals surface area contributed by atoms with E-state index in [0.29, 0.717) is 0 Å². The van der Waals surface area contributed by atoms with Crippen LogP contribution in [0, 0.1) is 12.7 Å². The van der Waals surface area contributed by atoms with Crippen molar-refractivity contribution >= 4 is 22.0 Å². The summed E-state index contributed by atoms with van der Waals surface area (Å²) in [4.78, 5) is 8.63. The van der Waals surface area contributed by atoms with E-state index in [1.807, 2.05) is 26.0 Å². The maximum absolute atomic E-state index is 15.0. The summed E-state index contributed by atoms with van der Waals surface area (Å²) in [5, 5.41) is 9.04. The molecule has 0 amide bonds. The van der Waals surface area contributed by atoms with Gasteiger partial charge in [-0.25, -0.2) is 4.39 Å². The number of hydrogen-bond donors (Lipinski definition) is 2. The van der Waals surface area contributed by atoms with E-state index in [-0.39, 0.29) is 5.82 Å². The van der Waals surface area contributed by atoms with Gasteiger partial charge in [0.2, 0.25) is 0 Å². The number of allylic oxidation sites excluding steroid dienone is 5. The van der Waals surface area contributed by atoms with Gasteiger partial charge in [-0.2, -0.15) is 5.10 Å². The molecule has 6 heteroatoms. The van der Waals surface area contributed by atoms with Gasteiger partial charge in [0.15, 0.2) is 0 Å². The average molecular weight is 674 g/mol. The van der Waals surface area contributed by atoms with Gasteiger partial charge in [-0.3, -0.25) is 10.00 Å². The Labute approximate surface area is 299 Å². The Bertz CT molecular complexity index is 1840. The third-order valence-corrected chi connectivity index (χ3v) is 9.92. The number of aryl methyl sites for hydroxylation is 2. The van der Waals surface area contributed by atoms with Gasteiger partial charge < -0.3 is 9.88 Å². The summed E-state index contributed by atoms with van der Waals surface area (Å²) in [6.45, 7) is 22.9. The molecule has 0 spiro atoms. The lowest BCUT2D eigenvalue weighted by atomic mass is 9.94. The minimum absolute atomic E-state index is 0.206. The van der Waals surface area contributed by atoms with Crippen molar-refractivity contribution in [2.24, 2.45) is 0 Å². The first-order chi connectivity index (χ1) is 24.4. The molecule has 4 aromatic rings. The summed E-state index contributed by atoms with van der Waals surface area (Å²) in [6.07, 6.45) is 18.5. The van der Waals surface area contributed by atoms with E-state index in [2.05, 4.69) is 89.4 Å². The van der Waals surface area contributed by atoms with Crippen molar-refractivity contribution in [3.05, 3.63) is 125 Å². The van der Waals surface area contributed by atoms with Crippen LogP contribution in [0.3, 0.4) is 0 Å². The molecule has 0 atom stereocenters. The zero-order valence-electron chi connectivity index (χ0n) is 30.8. The van der Waals surface area contributed by atoms with Crippen molar-refractivity contribution < 1.29 is 4.39 Å². The second kappa shape index (κ2) is 18.1. The molecular formula is C44H56FN5. The number of nitrogens with zero attached hydrogens (tertiary/aromatic N) is 3. The van der Waals surface area contributed by atoms with Crippen LogP contribution in [0.1, 0.15) is 87.2 Å². The van der Waals surface area contributed by atoms with Crippen LogP contribution in [0.15, 0.2) is 91.6 Å². The van der Waals surface area contributed by atoms with Crippen LogP contribution in [-0.2, 0) is 6.42 Å². The number of aromatic amines is 2. The molecular weight excluding hydrogens is 618 g/mol. The van der Waals surface area contributed by atoms with Crippen molar-refractivity contribution in [2.75, 3.05) is 39.3 Å². The fraction of sp³-hybridized carbons (Fsp3) is 0.386. The lowest BCUT2D eigenvalue weighted by molar-refractivity contribution is 0.248. The van der Waals surface area contributed by atoms with E-state index in [1.165, 1.54) is 50.8 Å². The molecule has 2 aromatic carbocycles. The number of piperidine rings is 1. The number of rotatable bonds is 13. The van der Waals surface area contributed by atoms with E-state index in [1.54, 1.807) is 18.2 Å². The molecule has 2 aliphatic rings. The van der Waals surface area contributed by atoms with Crippen molar-refractivity contribution in [2.45, 2.75) is 72.6 Å². The molecule has 2 aromatic heterocycles. The molecule has 0 aliphatic carbocycles. The smallest absolute Gasteiger partial charge is 0.124 e. The minimum Gasteiger partial charge on any atom is -0.357 e. The lowest BCUT2D eigenvalue weighted by Crippen LogP contribution is -2.31. The highest BCUT2D eigenvalue weighted by Crippen LogP contribution is 2.35. The minimum atomic E-state index is -0.206. The summed E-state index contributed by atoms with van der Waals surface area (Å²) in [5.41, 5.74) is 11.1. The summed E-state index contributed by atoms with van der Waals surface area (Å²) in [7, 11) is 0. The number of aromatic nitrogens is 3. The van der Waals surface area contributed by atoms with Crippen LogP contribution < -0.4 is 0 Å². The van der Waals surface area contributed by atoms with Gasteiger partial charge in [-0.1, -0.05) is 75.9 Å². The maximum atomic E-state index is 15.0. The Hall–Kier alpha value is -4.26. The van der Waals surface area contributed by atoms with Crippen LogP contribution in [0.2, 0.25) is 0 Å². The molecule has 4 heterocycles. The topological polar surface area (TPSA) is 51.0 Å². The fourth-order valence-electron chi connectivity index (χ4n) is 7.36. The van der Waals surface area contributed by atoms with Gasteiger partial charge in [0.05, 0.1) is 11.2 Å². The van der Waals surface area contributed by atoms with Gasteiger partial charge in [-0.05, 0) is 149 Å². The Kier molecular flexibility index (Phi) is 13.4. The standard InChI is InChI=1S/C42H50FN5.C2H6/c1-5-14-37(35-24-32(25-36(43)26-35)15-13-22-47-18-11-12-19-47)38-28-41(44-30(38)4)42-39-27-34(16-17-40(39)45-46-42)33(7-3)23-31(6-2)29-48-20-9-8-10-21-48;1-2/h5-7,14,16-17,23-28,44H,1-2,8-13,15,18-22,29H2,3-4H3,(H,45,46);1-2H3/b31-23+,33-7+,37-14-;. The van der Waals surface area contributed by atoms with Gasteiger partial charge in [-0.15, -0.1) is 0 Å². The number of hydrogen-bond acceptors (Lipinski definition) is 3. The molecule has 2 aliphatic heterocycles. The number of benzene rings is 2. The predicted molar refractivity (Wildman–Crippen MR) is 212 cm³/mol. The van der Waals surface area contributed by atoms with Crippen molar-refractivity contribution in [1.29, 1.82) is 0 Å². The fourth-order valence-corrected chi connectivity index (χ4v) is 7.36. The summed E-state index contributed by atoms with van der Waals surface area (Å²) < 4.78 is 15.0. The Balaban J connectivity index is 0.00000239. The van der Waals surface area contributed by atoms with E-state index in [0.717, 1.165) is 100 Å². The molecule has 50 heavy (non-hydrogen) atoms. The molecule has 2 N–H and O–H groups in total. The van der Waals surface area contributed by atoms with Crippen LogP contribution >= 0.6 is 0 Å². The number of H-pyrrole nitrogens is 2. The van der Waals surface area contributed by atoms with E-state index in [9.17, 15) is 0 Å². The average Bonchev–Trinajstić information content (AvgIpc) is 3.90. The highest BCUT2D eigenvalue weighted by molar-refractivity contribution is 5.96. The first-order valence-corrected chi connectivity index (χ1v) is 18.7. The SMILES string of the molecule is C=C/C=C(/c1cc(F)cc(CCCN2CCCC2)c1)c1cc(-c2n[nH]c3ccc(C(/C=C(\C=C)CN4CCCCC4)=C/C)cc23)[nH]c1C.CC. The maximum Gasteiger partial charge on any atom is 0.124 e. The normalized spacial score (nSPS) is 16.5. The number of fused-ring (bicyclic) bond motifs is 1. The molecule has 0 unspecified atom stereocenters. The Morgan fingerprint density at radius 3 is 2.38 bits per heavy atom. The second-order valence-electron chi connectivity index (χ2n) is 13.4. The van der Waals surface area contributed by atoms with E-state index < -0.39 is 0 Å². The second-order valence-corrected chi connectivity index (χ2v) is 13.4. The van der Waals surface area contributed by atoms with Gasteiger partial charge in [0.25, 0.3) is 0 Å². The van der Waals surface area contributed by atoms with E-state index >= 15 is 4.39 Å². The molecule has 0 bridgehead atoms. The van der Waals surface area contributed by atoms with Crippen LogP contribution in [0.5, 0.6) is 0 Å². The lowest BCUT2D eigenvalue weighted by Gasteiger charge is -2.26. The van der Waals surface area contributed by atoms with Crippen molar-refractivity contribution in [3.63, 3.8) is 0 Å². The van der Waals surface area contributed by atoms with Crippen LogP contribution in [0.4, 0.5) is 4.39 Å². The number of likely N-dealkylation sites (tertiary alicyclic amines) is 2. The Morgan fingerprint density at radius 1 is 0.920 bits per heavy atom. The molecule has 6 rings (SSSR count). The Morgan fingerprint density at radius 2 is 1.66 bits per heavy atom. The molecule has 5 nitrogen and oxygen atoms in total.